The van der Waals surface area contributed by atoms with E-state index in [1.165, 1.54) is 0 Å². The number of hydrogen-bond acceptors (Lipinski definition) is 7. The molecular formula is C23H32N6O2. The molecule has 31 heavy (non-hydrogen) atoms. The third kappa shape index (κ3) is 5.77. The zero-order valence-electron chi connectivity index (χ0n) is 19.5. The van der Waals surface area contributed by atoms with E-state index in [2.05, 4.69) is 51.6 Å². The number of allylic oxidation sites excluding steroid dienone is 1. The van der Waals surface area contributed by atoms with Crippen molar-refractivity contribution in [1.82, 2.24) is 30.4 Å². The predicted molar refractivity (Wildman–Crippen MR) is 120 cm³/mol. The van der Waals surface area contributed by atoms with E-state index in [-0.39, 0.29) is 17.4 Å². The van der Waals surface area contributed by atoms with Crippen LogP contribution in [0.5, 0.6) is 5.75 Å². The van der Waals surface area contributed by atoms with Crippen LogP contribution in [-0.2, 0) is 6.42 Å². The van der Waals surface area contributed by atoms with E-state index < -0.39 is 0 Å². The third-order valence-corrected chi connectivity index (χ3v) is 4.95. The standard InChI is InChI=1S/C23H32N6O2/c1-15(2)22-26-24-20(31-22)14-23(5,6)12-8-9-17-13-18(10-11-19(17)30-7)21-25-28-29(27-21)16(3)4/h8-11,13,15-16H,12,14H2,1-7H3. The van der Waals surface area contributed by atoms with Gasteiger partial charge in [0.15, 0.2) is 0 Å². The van der Waals surface area contributed by atoms with Gasteiger partial charge in [0, 0.05) is 23.5 Å². The number of hydrogen-bond donors (Lipinski definition) is 0. The van der Waals surface area contributed by atoms with E-state index in [1.54, 1.807) is 11.9 Å². The number of methoxy groups -OCH3 is 1. The van der Waals surface area contributed by atoms with E-state index in [4.69, 9.17) is 9.15 Å². The van der Waals surface area contributed by atoms with Crippen LogP contribution in [0.2, 0.25) is 0 Å². The first-order valence-electron chi connectivity index (χ1n) is 10.7. The van der Waals surface area contributed by atoms with Crippen molar-refractivity contribution < 1.29 is 9.15 Å². The monoisotopic (exact) mass is 424 g/mol. The summed E-state index contributed by atoms with van der Waals surface area (Å²) in [5.41, 5.74) is 1.85. The largest absolute Gasteiger partial charge is 0.496 e. The summed E-state index contributed by atoms with van der Waals surface area (Å²) in [7, 11) is 1.67. The molecule has 0 saturated carbocycles. The SMILES string of the molecule is COc1ccc(-c2nnn(C(C)C)n2)cc1C=CCC(C)(C)Cc1nnc(C(C)C)o1. The van der Waals surface area contributed by atoms with Gasteiger partial charge in [0.05, 0.1) is 13.2 Å². The average Bonchev–Trinajstić information content (AvgIpc) is 3.37. The lowest BCUT2D eigenvalue weighted by Gasteiger charge is -2.20. The summed E-state index contributed by atoms with van der Waals surface area (Å²) in [6.07, 6.45) is 5.79. The van der Waals surface area contributed by atoms with Crippen molar-refractivity contribution >= 4 is 6.08 Å². The maximum atomic E-state index is 5.78. The van der Waals surface area contributed by atoms with E-state index in [0.29, 0.717) is 17.6 Å². The Morgan fingerprint density at radius 3 is 2.52 bits per heavy atom. The van der Waals surface area contributed by atoms with Gasteiger partial charge in [-0.25, -0.2) is 0 Å². The molecule has 0 saturated heterocycles. The minimum atomic E-state index is -0.0242. The maximum absolute atomic E-state index is 5.78. The molecule has 166 valence electrons. The Hall–Kier alpha value is -3.03. The number of rotatable bonds is 9. The topological polar surface area (TPSA) is 91.8 Å². The molecule has 3 aromatic rings. The highest BCUT2D eigenvalue weighted by molar-refractivity contribution is 5.66. The molecule has 0 N–H and O–H groups in total. The van der Waals surface area contributed by atoms with Gasteiger partial charge in [0.25, 0.3) is 0 Å². The molecule has 0 atom stereocenters. The van der Waals surface area contributed by atoms with Crippen LogP contribution in [0.4, 0.5) is 0 Å². The molecule has 0 aliphatic carbocycles. The number of tetrazole rings is 1. The summed E-state index contributed by atoms with van der Waals surface area (Å²) in [6, 6.07) is 6.07. The van der Waals surface area contributed by atoms with Crippen molar-refractivity contribution in [1.29, 1.82) is 0 Å². The fourth-order valence-corrected chi connectivity index (χ4v) is 3.12. The normalized spacial score (nSPS) is 12.4. The molecule has 2 aromatic heterocycles. The lowest BCUT2D eigenvalue weighted by Crippen LogP contribution is -2.14. The van der Waals surface area contributed by atoms with Gasteiger partial charge in [-0.1, -0.05) is 39.8 Å². The average molecular weight is 425 g/mol. The summed E-state index contributed by atoms with van der Waals surface area (Å²) < 4.78 is 11.3. The molecule has 0 amide bonds. The maximum Gasteiger partial charge on any atom is 0.219 e. The molecule has 3 rings (SSSR count). The summed E-state index contributed by atoms with van der Waals surface area (Å²) in [6.45, 7) is 12.5. The van der Waals surface area contributed by atoms with E-state index in [9.17, 15) is 0 Å². The van der Waals surface area contributed by atoms with Crippen molar-refractivity contribution in [2.75, 3.05) is 7.11 Å². The fourth-order valence-electron chi connectivity index (χ4n) is 3.12. The van der Waals surface area contributed by atoms with Crippen LogP contribution >= 0.6 is 0 Å². The molecule has 8 heteroatoms. The van der Waals surface area contributed by atoms with Crippen LogP contribution in [0.15, 0.2) is 28.7 Å². The molecular weight excluding hydrogens is 392 g/mol. The van der Waals surface area contributed by atoms with Gasteiger partial charge >= 0.3 is 0 Å². The van der Waals surface area contributed by atoms with Gasteiger partial charge in [-0.05, 0) is 49.1 Å². The van der Waals surface area contributed by atoms with Gasteiger partial charge < -0.3 is 9.15 Å². The first kappa shape index (κ1) is 22.7. The number of benzene rings is 1. The van der Waals surface area contributed by atoms with Crippen LogP contribution < -0.4 is 4.74 Å². The summed E-state index contributed by atoms with van der Waals surface area (Å²) in [5.74, 6) is 3.00. The Morgan fingerprint density at radius 1 is 1.13 bits per heavy atom. The van der Waals surface area contributed by atoms with Crippen molar-refractivity contribution in [3.63, 3.8) is 0 Å². The van der Waals surface area contributed by atoms with E-state index >= 15 is 0 Å². The van der Waals surface area contributed by atoms with Gasteiger partial charge in [-0.3, -0.25) is 0 Å². The Labute approximate surface area is 183 Å². The van der Waals surface area contributed by atoms with Gasteiger partial charge in [-0.15, -0.1) is 20.4 Å². The highest BCUT2D eigenvalue weighted by atomic mass is 16.5. The zero-order chi connectivity index (χ0) is 22.6. The minimum Gasteiger partial charge on any atom is -0.496 e. The second kappa shape index (κ2) is 9.41. The van der Waals surface area contributed by atoms with Crippen LogP contribution in [-0.4, -0.2) is 37.5 Å². The van der Waals surface area contributed by atoms with Gasteiger partial charge in [0.1, 0.15) is 5.75 Å². The van der Waals surface area contributed by atoms with Crippen LogP contribution in [0, 0.1) is 5.41 Å². The third-order valence-electron chi connectivity index (χ3n) is 4.95. The molecule has 0 fully saturated rings. The van der Waals surface area contributed by atoms with Gasteiger partial charge in [0.2, 0.25) is 17.6 Å². The molecule has 1 aromatic carbocycles. The van der Waals surface area contributed by atoms with E-state index in [1.807, 2.05) is 45.9 Å². The van der Waals surface area contributed by atoms with Gasteiger partial charge in [-0.2, -0.15) is 4.80 Å². The predicted octanol–water partition coefficient (Wildman–Crippen LogP) is 5.11. The summed E-state index contributed by atoms with van der Waals surface area (Å²) in [4.78, 5) is 1.61. The smallest absolute Gasteiger partial charge is 0.219 e. The van der Waals surface area contributed by atoms with Crippen LogP contribution in [0.3, 0.4) is 0 Å². The molecule has 0 bridgehead atoms. The molecule has 0 aliphatic heterocycles. The fraction of sp³-hybridized carbons (Fsp3) is 0.522. The van der Waals surface area contributed by atoms with Crippen LogP contribution in [0.1, 0.15) is 77.3 Å². The molecule has 0 radical (unpaired) electrons. The molecule has 0 aliphatic rings. The summed E-state index contributed by atoms with van der Waals surface area (Å²) >= 11 is 0. The first-order chi connectivity index (χ1) is 14.7. The minimum absolute atomic E-state index is 0.0242. The van der Waals surface area contributed by atoms with Crippen molar-refractivity contribution in [3.8, 4) is 17.1 Å². The van der Waals surface area contributed by atoms with Crippen molar-refractivity contribution in [3.05, 3.63) is 41.6 Å². The zero-order valence-corrected chi connectivity index (χ0v) is 19.5. The number of aromatic nitrogens is 6. The van der Waals surface area contributed by atoms with Crippen molar-refractivity contribution in [2.45, 2.75) is 66.3 Å². The Morgan fingerprint density at radius 2 is 1.90 bits per heavy atom. The molecule has 2 heterocycles. The molecule has 0 spiro atoms. The lowest BCUT2D eigenvalue weighted by molar-refractivity contribution is 0.316. The first-order valence-corrected chi connectivity index (χ1v) is 10.7. The number of ether oxygens (including phenoxy) is 1. The Bertz CT molecular complexity index is 1030. The summed E-state index contributed by atoms with van der Waals surface area (Å²) in [5, 5.41) is 21.1. The second-order valence-electron chi connectivity index (χ2n) is 9.12. The van der Waals surface area contributed by atoms with Crippen molar-refractivity contribution in [2.24, 2.45) is 5.41 Å². The Kier molecular flexibility index (Phi) is 6.87. The van der Waals surface area contributed by atoms with E-state index in [0.717, 1.165) is 29.7 Å². The quantitative estimate of drug-likeness (QED) is 0.471. The molecule has 0 unspecified atom stereocenters. The highest BCUT2D eigenvalue weighted by Crippen LogP contribution is 2.29. The van der Waals surface area contributed by atoms with Crippen LogP contribution in [0.25, 0.3) is 17.5 Å². The Balaban J connectivity index is 1.73. The lowest BCUT2D eigenvalue weighted by atomic mass is 9.85. The second-order valence-corrected chi connectivity index (χ2v) is 9.12. The number of nitrogens with zero attached hydrogens (tertiary/aromatic N) is 6. The highest BCUT2D eigenvalue weighted by Gasteiger charge is 2.21. The molecule has 8 nitrogen and oxygen atoms in total.